The lowest BCUT2D eigenvalue weighted by molar-refractivity contribution is -0.385. The fraction of sp³-hybridized carbons (Fsp3) is 0.235. The highest BCUT2D eigenvalue weighted by molar-refractivity contribution is 7.10. The van der Waals surface area contributed by atoms with Crippen LogP contribution >= 0.6 is 11.3 Å². The quantitative estimate of drug-likeness (QED) is 0.464. The minimum Gasteiger partial charge on any atom is -0.454 e. The van der Waals surface area contributed by atoms with Crippen LogP contribution in [0.3, 0.4) is 0 Å². The number of likely N-dealkylation sites (N-methyl/N-ethyl adjacent to an activating group) is 1. The first kappa shape index (κ1) is 17.0. The van der Waals surface area contributed by atoms with E-state index in [2.05, 4.69) is 0 Å². The highest BCUT2D eigenvalue weighted by Gasteiger charge is 2.22. The number of nitro benzene ring substituents is 1. The smallest absolute Gasteiger partial charge is 0.280 e. The summed E-state index contributed by atoms with van der Waals surface area (Å²) in [5.41, 5.74) is 1.30. The summed E-state index contributed by atoms with van der Waals surface area (Å²) in [6, 6.07) is 4.82. The molecule has 0 unspecified atom stereocenters. The zero-order chi connectivity index (χ0) is 18.0. The van der Waals surface area contributed by atoms with Gasteiger partial charge in [-0.25, -0.2) is 0 Å². The molecule has 1 aliphatic rings. The summed E-state index contributed by atoms with van der Waals surface area (Å²) in [6.07, 6.45) is 2.76. The van der Waals surface area contributed by atoms with Crippen LogP contribution in [-0.4, -0.2) is 29.6 Å². The first-order chi connectivity index (χ1) is 12.0. The Balaban J connectivity index is 1.78. The van der Waals surface area contributed by atoms with Crippen molar-refractivity contribution in [2.75, 3.05) is 13.8 Å². The van der Waals surface area contributed by atoms with Crippen molar-refractivity contribution in [1.29, 1.82) is 0 Å². The molecule has 0 bridgehead atoms. The number of rotatable bonds is 5. The van der Waals surface area contributed by atoms with Gasteiger partial charge in [0.2, 0.25) is 12.7 Å². The Morgan fingerprint density at radius 2 is 2.12 bits per heavy atom. The van der Waals surface area contributed by atoms with Crippen molar-refractivity contribution in [3.05, 3.63) is 55.8 Å². The summed E-state index contributed by atoms with van der Waals surface area (Å²) in [5.74, 6) is 0.528. The third-order valence-corrected chi connectivity index (χ3v) is 4.86. The van der Waals surface area contributed by atoms with E-state index in [4.69, 9.17) is 9.47 Å². The largest absolute Gasteiger partial charge is 0.454 e. The topological polar surface area (TPSA) is 81.9 Å². The van der Waals surface area contributed by atoms with Crippen LogP contribution in [-0.2, 0) is 11.3 Å². The van der Waals surface area contributed by atoms with Gasteiger partial charge in [-0.2, -0.15) is 0 Å². The van der Waals surface area contributed by atoms with Gasteiger partial charge in [0.1, 0.15) is 0 Å². The number of carbonyl (C=O) groups excluding carboxylic acids is 1. The summed E-state index contributed by atoms with van der Waals surface area (Å²) < 4.78 is 10.4. The van der Waals surface area contributed by atoms with Crippen LogP contribution in [0.1, 0.15) is 16.0 Å². The van der Waals surface area contributed by atoms with Crippen molar-refractivity contribution in [2.24, 2.45) is 0 Å². The molecule has 0 N–H and O–H groups in total. The molecule has 1 aliphatic heterocycles. The molecule has 2 heterocycles. The van der Waals surface area contributed by atoms with Crippen LogP contribution in [0.4, 0.5) is 5.69 Å². The van der Waals surface area contributed by atoms with Crippen molar-refractivity contribution in [3.8, 4) is 11.5 Å². The van der Waals surface area contributed by atoms with Crippen LogP contribution in [0.2, 0.25) is 0 Å². The van der Waals surface area contributed by atoms with Crippen LogP contribution in [0, 0.1) is 17.0 Å². The molecule has 1 aromatic carbocycles. The molecule has 130 valence electrons. The fourth-order valence-corrected chi connectivity index (χ4v) is 3.34. The number of benzene rings is 1. The molecule has 0 radical (unpaired) electrons. The van der Waals surface area contributed by atoms with Gasteiger partial charge >= 0.3 is 0 Å². The van der Waals surface area contributed by atoms with Gasteiger partial charge in [-0.1, -0.05) is 0 Å². The zero-order valence-corrected chi connectivity index (χ0v) is 14.5. The average molecular weight is 360 g/mol. The van der Waals surface area contributed by atoms with Gasteiger partial charge < -0.3 is 14.4 Å². The maximum atomic E-state index is 12.3. The molecule has 8 heteroatoms. The van der Waals surface area contributed by atoms with E-state index >= 15 is 0 Å². The van der Waals surface area contributed by atoms with Gasteiger partial charge in [-0.15, -0.1) is 11.3 Å². The van der Waals surface area contributed by atoms with E-state index in [9.17, 15) is 14.9 Å². The van der Waals surface area contributed by atoms with Crippen molar-refractivity contribution in [2.45, 2.75) is 13.5 Å². The van der Waals surface area contributed by atoms with E-state index in [-0.39, 0.29) is 18.4 Å². The normalized spacial score (nSPS) is 12.6. The van der Waals surface area contributed by atoms with Gasteiger partial charge in [0, 0.05) is 18.0 Å². The Morgan fingerprint density at radius 1 is 1.40 bits per heavy atom. The third-order valence-electron chi connectivity index (χ3n) is 3.85. The summed E-state index contributed by atoms with van der Waals surface area (Å²) in [6.45, 7) is 2.52. The summed E-state index contributed by atoms with van der Waals surface area (Å²) in [5, 5.41) is 13.2. The van der Waals surface area contributed by atoms with Crippen LogP contribution in [0.5, 0.6) is 11.5 Å². The number of nitrogens with zero attached hydrogens (tertiary/aromatic N) is 2. The van der Waals surface area contributed by atoms with Crippen LogP contribution in [0.15, 0.2) is 29.7 Å². The molecule has 0 atom stereocenters. The molecule has 0 saturated heterocycles. The second-order valence-electron chi connectivity index (χ2n) is 5.58. The second-order valence-corrected chi connectivity index (χ2v) is 6.58. The molecule has 0 aliphatic carbocycles. The number of aryl methyl sites for hydroxylation is 1. The van der Waals surface area contributed by atoms with E-state index in [0.717, 1.165) is 10.4 Å². The standard InChI is InChI=1S/C17H16N2O5S/c1-11-5-6-25-16(11)9-18(2)17(20)4-3-12-7-14-15(24-10-23-14)8-13(12)19(21)22/h3-8H,9-10H2,1-2H3/b4-3+. The SMILES string of the molecule is Cc1ccsc1CN(C)C(=O)/C=C/c1cc2c(cc1[N+](=O)[O-])OCO2. The molecule has 1 aromatic heterocycles. The molecular formula is C17H16N2O5S. The molecule has 0 fully saturated rings. The van der Waals surface area contributed by atoms with Crippen LogP contribution < -0.4 is 9.47 Å². The number of nitro groups is 1. The molecule has 3 rings (SSSR count). The van der Waals surface area contributed by atoms with Crippen molar-refractivity contribution < 1.29 is 19.2 Å². The van der Waals surface area contributed by atoms with E-state index < -0.39 is 4.92 Å². The van der Waals surface area contributed by atoms with Gasteiger partial charge in [-0.3, -0.25) is 14.9 Å². The Hall–Kier alpha value is -2.87. The third kappa shape index (κ3) is 3.63. The minimum absolute atomic E-state index is 0.0293. The zero-order valence-electron chi connectivity index (χ0n) is 13.7. The fourth-order valence-electron chi connectivity index (χ4n) is 2.39. The summed E-state index contributed by atoms with van der Waals surface area (Å²) in [7, 11) is 1.69. The highest BCUT2D eigenvalue weighted by Crippen LogP contribution is 2.38. The average Bonchev–Trinajstić information content (AvgIpc) is 3.20. The van der Waals surface area contributed by atoms with E-state index in [1.807, 2.05) is 18.4 Å². The lowest BCUT2D eigenvalue weighted by atomic mass is 10.1. The highest BCUT2D eigenvalue weighted by atomic mass is 32.1. The number of amides is 1. The molecule has 2 aromatic rings. The van der Waals surface area contributed by atoms with E-state index in [1.54, 1.807) is 23.3 Å². The molecule has 7 nitrogen and oxygen atoms in total. The number of carbonyl (C=O) groups is 1. The Morgan fingerprint density at radius 3 is 2.76 bits per heavy atom. The Kier molecular flexibility index (Phi) is 4.71. The van der Waals surface area contributed by atoms with E-state index in [0.29, 0.717) is 23.6 Å². The van der Waals surface area contributed by atoms with Crippen molar-refractivity contribution >= 4 is 29.0 Å². The molecule has 1 amide bonds. The van der Waals surface area contributed by atoms with Crippen molar-refractivity contribution in [1.82, 2.24) is 4.90 Å². The van der Waals surface area contributed by atoms with Gasteiger partial charge in [0.25, 0.3) is 5.69 Å². The molecular weight excluding hydrogens is 344 g/mol. The number of ether oxygens (including phenoxy) is 2. The number of fused-ring (bicyclic) bond motifs is 1. The van der Waals surface area contributed by atoms with Gasteiger partial charge in [-0.05, 0) is 36.1 Å². The van der Waals surface area contributed by atoms with Gasteiger partial charge in [0.15, 0.2) is 11.5 Å². The second kappa shape index (κ2) is 6.94. The van der Waals surface area contributed by atoms with E-state index in [1.165, 1.54) is 24.3 Å². The van der Waals surface area contributed by atoms with Gasteiger partial charge in [0.05, 0.1) is 23.1 Å². The predicted molar refractivity (Wildman–Crippen MR) is 93.8 cm³/mol. The molecule has 0 saturated carbocycles. The van der Waals surface area contributed by atoms with Crippen molar-refractivity contribution in [3.63, 3.8) is 0 Å². The Labute approximate surface area is 148 Å². The first-order valence-electron chi connectivity index (χ1n) is 7.50. The number of hydrogen-bond donors (Lipinski definition) is 0. The molecule has 25 heavy (non-hydrogen) atoms. The lowest BCUT2D eigenvalue weighted by Crippen LogP contribution is -2.23. The number of hydrogen-bond acceptors (Lipinski definition) is 6. The Bertz CT molecular complexity index is 859. The maximum Gasteiger partial charge on any atom is 0.280 e. The predicted octanol–water partition coefficient (Wildman–Crippen LogP) is 3.37. The summed E-state index contributed by atoms with van der Waals surface area (Å²) >= 11 is 1.59. The lowest BCUT2D eigenvalue weighted by Gasteiger charge is -2.14. The first-order valence-corrected chi connectivity index (χ1v) is 8.38. The number of thiophene rings is 1. The monoisotopic (exact) mass is 360 g/mol. The molecule has 0 spiro atoms. The minimum atomic E-state index is -0.509. The van der Waals surface area contributed by atoms with Crippen LogP contribution in [0.25, 0.3) is 6.08 Å². The summed E-state index contributed by atoms with van der Waals surface area (Å²) in [4.78, 5) is 25.7. The maximum absolute atomic E-state index is 12.3.